The molecule has 0 saturated carbocycles. The molecular weight excluding hydrogens is 386 g/mol. The van der Waals surface area contributed by atoms with Gasteiger partial charge < -0.3 is 5.11 Å². The molecule has 1 aliphatic heterocycles. The van der Waals surface area contributed by atoms with Gasteiger partial charge in [-0.1, -0.05) is 37.5 Å². The first-order valence-electron chi connectivity index (χ1n) is 10.9. The number of nitrogens with zero attached hydrogens (tertiary/aromatic N) is 4. The molecule has 1 aromatic heterocycles. The minimum absolute atomic E-state index is 0.0347. The van der Waals surface area contributed by atoms with Crippen LogP contribution in [0.25, 0.3) is 0 Å². The van der Waals surface area contributed by atoms with Crippen molar-refractivity contribution in [2.45, 2.75) is 70.6 Å². The molecule has 2 atom stereocenters. The van der Waals surface area contributed by atoms with Crippen LogP contribution in [0.1, 0.15) is 57.9 Å². The van der Waals surface area contributed by atoms with Gasteiger partial charge in [0.2, 0.25) is 0 Å². The van der Waals surface area contributed by atoms with Gasteiger partial charge in [-0.25, -0.2) is 18.4 Å². The largest absolute Gasteiger partial charge is 0.381 e. The lowest BCUT2D eigenvalue weighted by atomic mass is 9.84. The fourth-order valence-electron chi connectivity index (χ4n) is 4.25. The number of halogens is 2. The summed E-state index contributed by atoms with van der Waals surface area (Å²) in [5.41, 5.74) is -0.0384. The monoisotopic (exact) mass is 418 g/mol. The van der Waals surface area contributed by atoms with Crippen molar-refractivity contribution in [2.24, 2.45) is 0 Å². The molecule has 30 heavy (non-hydrogen) atoms. The van der Waals surface area contributed by atoms with E-state index in [0.717, 1.165) is 38.4 Å². The molecular formula is C23H32F2N4O. The van der Waals surface area contributed by atoms with Crippen LogP contribution in [0.5, 0.6) is 0 Å². The van der Waals surface area contributed by atoms with Crippen molar-refractivity contribution < 1.29 is 13.9 Å². The van der Waals surface area contributed by atoms with Gasteiger partial charge in [-0.2, -0.15) is 5.10 Å². The van der Waals surface area contributed by atoms with Crippen molar-refractivity contribution in [3.8, 4) is 0 Å². The van der Waals surface area contributed by atoms with E-state index in [0.29, 0.717) is 0 Å². The number of hydrogen-bond acceptors (Lipinski definition) is 4. The van der Waals surface area contributed by atoms with E-state index < -0.39 is 17.2 Å². The van der Waals surface area contributed by atoms with E-state index in [1.165, 1.54) is 54.3 Å². The van der Waals surface area contributed by atoms with Crippen molar-refractivity contribution in [1.29, 1.82) is 0 Å². The first-order valence-corrected chi connectivity index (χ1v) is 10.9. The number of aromatic nitrogens is 3. The van der Waals surface area contributed by atoms with Gasteiger partial charge in [-0.3, -0.25) is 4.90 Å². The van der Waals surface area contributed by atoms with Crippen LogP contribution in [0.15, 0.2) is 42.5 Å². The zero-order valence-electron chi connectivity index (χ0n) is 17.9. The minimum atomic E-state index is -1.58. The summed E-state index contributed by atoms with van der Waals surface area (Å²) in [5, 5.41) is 15.8. The fraction of sp³-hybridized carbons (Fsp3) is 0.565. The molecule has 0 aliphatic carbocycles. The van der Waals surface area contributed by atoms with E-state index in [9.17, 15) is 13.9 Å². The Balaban J connectivity index is 1.77. The number of aliphatic hydroxyl groups is 1. The number of benzene rings is 1. The van der Waals surface area contributed by atoms with Gasteiger partial charge in [0.25, 0.3) is 0 Å². The van der Waals surface area contributed by atoms with E-state index in [-0.39, 0.29) is 18.2 Å². The fourth-order valence-corrected chi connectivity index (χ4v) is 4.25. The van der Waals surface area contributed by atoms with Crippen LogP contribution in [0.3, 0.4) is 0 Å². The Kier molecular flexibility index (Phi) is 7.72. The van der Waals surface area contributed by atoms with Crippen LogP contribution in [0, 0.1) is 11.6 Å². The molecule has 1 fully saturated rings. The lowest BCUT2D eigenvalue weighted by Crippen LogP contribution is -2.53. The molecule has 1 N–H and O–H groups in total. The molecule has 0 spiro atoms. The predicted molar refractivity (Wildman–Crippen MR) is 113 cm³/mol. The molecule has 3 rings (SSSR count). The van der Waals surface area contributed by atoms with Crippen LogP contribution >= 0.6 is 0 Å². The van der Waals surface area contributed by atoms with Crippen molar-refractivity contribution in [3.63, 3.8) is 0 Å². The smallest absolute Gasteiger partial charge is 0.137 e. The predicted octanol–water partition coefficient (Wildman–Crippen LogP) is 4.44. The molecule has 0 unspecified atom stereocenters. The zero-order valence-corrected chi connectivity index (χ0v) is 17.9. The van der Waals surface area contributed by atoms with Crippen molar-refractivity contribution in [1.82, 2.24) is 19.7 Å². The maximum atomic E-state index is 14.7. The zero-order chi connectivity index (χ0) is 21.6. The van der Waals surface area contributed by atoms with Crippen molar-refractivity contribution in [2.75, 3.05) is 13.1 Å². The molecule has 0 bridgehead atoms. The third kappa shape index (κ3) is 5.32. The maximum absolute atomic E-state index is 14.7. The molecule has 0 radical (unpaired) electrons. The van der Waals surface area contributed by atoms with Gasteiger partial charge in [0.05, 0.1) is 6.54 Å². The lowest BCUT2D eigenvalue weighted by molar-refractivity contribution is -0.0657. The topological polar surface area (TPSA) is 54.2 Å². The van der Waals surface area contributed by atoms with Gasteiger partial charge in [0.1, 0.15) is 29.9 Å². The normalized spacial score (nSPS) is 18.2. The highest BCUT2D eigenvalue weighted by Gasteiger charge is 2.42. The highest BCUT2D eigenvalue weighted by Crippen LogP contribution is 2.34. The molecule has 1 aliphatic rings. The first-order chi connectivity index (χ1) is 14.4. The summed E-state index contributed by atoms with van der Waals surface area (Å²) in [6.07, 6.45) is 11.9. The molecule has 5 nitrogen and oxygen atoms in total. The maximum Gasteiger partial charge on any atom is 0.137 e. The molecule has 7 heteroatoms. The summed E-state index contributed by atoms with van der Waals surface area (Å²) < 4.78 is 29.7. The molecule has 1 saturated heterocycles. The number of piperidine rings is 1. The minimum Gasteiger partial charge on any atom is -0.381 e. The van der Waals surface area contributed by atoms with Crippen LogP contribution in [0.4, 0.5) is 8.78 Å². The van der Waals surface area contributed by atoms with Gasteiger partial charge in [0, 0.05) is 30.8 Å². The first kappa shape index (κ1) is 22.6. The Hall–Kier alpha value is -2.12. The lowest BCUT2D eigenvalue weighted by Gasteiger charge is -2.43. The number of unbranched alkanes of at least 4 members (excludes halogenated alkanes) is 3. The van der Waals surface area contributed by atoms with Crippen LogP contribution in [-0.2, 0) is 12.1 Å². The van der Waals surface area contributed by atoms with Gasteiger partial charge >= 0.3 is 0 Å². The molecule has 164 valence electrons. The standard InChI is InChI=1S/C23H32F2N4O/c1-3-4-5-6-7-19-10-12-28(13-11-19)18(2)23(30,15-29-17-26-16-27-29)21-9-8-20(24)14-22(21)25/h7-9,14,16-18,30H,3-6,10-13,15H2,1-2H3/t18-,23-/m0/s1. The Bertz CT molecular complexity index is 830. The van der Waals surface area contributed by atoms with Crippen LogP contribution in [-0.4, -0.2) is 43.9 Å². The third-order valence-electron chi connectivity index (χ3n) is 6.19. The summed E-state index contributed by atoms with van der Waals surface area (Å²) in [6.45, 7) is 5.73. The number of hydrogen-bond donors (Lipinski definition) is 1. The van der Waals surface area contributed by atoms with Crippen LogP contribution in [0.2, 0.25) is 0 Å². The SMILES string of the molecule is CCCCCC=C1CCN([C@@H](C)[C@@](O)(Cn2cncn2)c2ccc(F)cc2F)CC1. The second kappa shape index (κ2) is 10.3. The molecule has 0 amide bonds. The quantitative estimate of drug-likeness (QED) is 0.483. The Morgan fingerprint density at radius 3 is 2.63 bits per heavy atom. The molecule has 1 aromatic carbocycles. The summed E-state index contributed by atoms with van der Waals surface area (Å²) in [7, 11) is 0. The van der Waals surface area contributed by atoms with E-state index >= 15 is 0 Å². The second-order valence-corrected chi connectivity index (χ2v) is 8.21. The van der Waals surface area contributed by atoms with Gasteiger partial charge in [-0.05, 0) is 38.7 Å². The number of rotatable bonds is 9. The summed E-state index contributed by atoms with van der Waals surface area (Å²) in [4.78, 5) is 6.11. The molecule has 2 heterocycles. The number of likely N-dealkylation sites (tertiary alicyclic amines) is 1. The van der Waals surface area contributed by atoms with Crippen LogP contribution < -0.4 is 0 Å². The highest BCUT2D eigenvalue weighted by atomic mass is 19.1. The third-order valence-corrected chi connectivity index (χ3v) is 6.19. The van der Waals surface area contributed by atoms with Crippen molar-refractivity contribution >= 4 is 0 Å². The Morgan fingerprint density at radius 2 is 2.00 bits per heavy atom. The van der Waals surface area contributed by atoms with E-state index in [2.05, 4.69) is 28.0 Å². The van der Waals surface area contributed by atoms with Gasteiger partial charge in [0.15, 0.2) is 0 Å². The summed E-state index contributed by atoms with van der Waals surface area (Å²) in [6, 6.07) is 2.96. The summed E-state index contributed by atoms with van der Waals surface area (Å²) >= 11 is 0. The van der Waals surface area contributed by atoms with Crippen molar-refractivity contribution in [3.05, 3.63) is 59.7 Å². The molecule has 2 aromatic rings. The average Bonchev–Trinajstić information content (AvgIpc) is 3.24. The summed E-state index contributed by atoms with van der Waals surface area (Å²) in [5.74, 6) is -1.42. The second-order valence-electron chi connectivity index (χ2n) is 8.21. The van der Waals surface area contributed by atoms with Gasteiger partial charge in [-0.15, -0.1) is 0 Å². The number of allylic oxidation sites excluding steroid dienone is 1. The van der Waals surface area contributed by atoms with E-state index in [4.69, 9.17) is 0 Å². The average molecular weight is 419 g/mol. The Labute approximate surface area is 177 Å². The Morgan fingerprint density at radius 1 is 1.23 bits per heavy atom. The highest BCUT2D eigenvalue weighted by molar-refractivity contribution is 5.27. The van der Waals surface area contributed by atoms with E-state index in [1.807, 2.05) is 6.92 Å². The van der Waals surface area contributed by atoms with E-state index in [1.54, 1.807) is 0 Å².